The molecule has 0 saturated heterocycles. The molecule has 0 spiro atoms. The van der Waals surface area contributed by atoms with E-state index in [1.165, 1.54) is 3.79 Å². The molecule has 7 heavy (non-hydrogen) atoms. The monoisotopic (exact) mass is 179 g/mol. The summed E-state index contributed by atoms with van der Waals surface area (Å²) < 4.78 is 1.20. The van der Waals surface area contributed by atoms with Crippen molar-refractivity contribution in [2.24, 2.45) is 0 Å². The maximum Gasteiger partial charge on any atom is 0.0698 e. The molecule has 0 aliphatic heterocycles. The van der Waals surface area contributed by atoms with Gasteiger partial charge in [-0.05, 0) is 27.4 Å². The quantitative estimate of drug-likeness (QED) is 0.654. The molecule has 0 aliphatic rings. The lowest BCUT2D eigenvalue weighted by Gasteiger charge is -1.62. The lowest BCUT2D eigenvalue weighted by molar-refractivity contribution is 1.97. The Hall–Kier alpha value is 0.140. The van der Waals surface area contributed by atoms with Gasteiger partial charge in [-0.25, -0.2) is 0 Å². The Kier molecular flexibility index (Phi) is 3.25. The first kappa shape index (κ1) is 7.14. The first-order valence-electron chi connectivity index (χ1n) is 1.58. The van der Waals surface area contributed by atoms with Crippen LogP contribution < -0.4 is 6.15 Å². The zero-order chi connectivity index (χ0) is 4.41. The van der Waals surface area contributed by atoms with Gasteiger partial charge in [-0.1, -0.05) is 6.07 Å². The van der Waals surface area contributed by atoms with Crippen LogP contribution in [0.15, 0.2) is 21.3 Å². The van der Waals surface area contributed by atoms with E-state index in [9.17, 15) is 0 Å². The maximum atomic E-state index is 3.30. The standard InChI is InChI=1S/C4H3BrS.H3N/c5-4-2-1-3-6-4;/h1-3H;1H3. The predicted molar refractivity (Wildman–Crippen MR) is 37.0 cm³/mol. The van der Waals surface area contributed by atoms with Gasteiger partial charge in [0, 0.05) is 0 Å². The Morgan fingerprint density at radius 2 is 2.29 bits per heavy atom. The van der Waals surface area contributed by atoms with E-state index in [0.717, 1.165) is 0 Å². The van der Waals surface area contributed by atoms with Crippen molar-refractivity contribution in [3.05, 3.63) is 21.3 Å². The highest BCUT2D eigenvalue weighted by molar-refractivity contribution is 9.11. The zero-order valence-electron chi connectivity index (χ0n) is 3.73. The molecule has 0 atom stereocenters. The summed E-state index contributed by atoms with van der Waals surface area (Å²) in [6, 6.07) is 4.03. The van der Waals surface area contributed by atoms with Crippen molar-refractivity contribution in [1.82, 2.24) is 6.15 Å². The van der Waals surface area contributed by atoms with Crippen LogP contribution in [-0.2, 0) is 0 Å². The minimum absolute atomic E-state index is 0. The maximum absolute atomic E-state index is 3.30. The van der Waals surface area contributed by atoms with Crippen molar-refractivity contribution in [3.8, 4) is 0 Å². The summed E-state index contributed by atoms with van der Waals surface area (Å²) in [6.45, 7) is 0. The Balaban J connectivity index is 0.000000360. The summed E-state index contributed by atoms with van der Waals surface area (Å²) in [6.07, 6.45) is 0. The highest BCUT2D eigenvalue weighted by Crippen LogP contribution is 2.14. The molecule has 0 saturated carbocycles. The third-order valence-corrected chi connectivity index (χ3v) is 1.97. The number of hydrogen-bond acceptors (Lipinski definition) is 2. The van der Waals surface area contributed by atoms with Gasteiger partial charge in [-0.15, -0.1) is 11.3 Å². The van der Waals surface area contributed by atoms with Crippen LogP contribution in [-0.4, -0.2) is 0 Å². The zero-order valence-corrected chi connectivity index (χ0v) is 6.13. The molecule has 0 aromatic carbocycles. The van der Waals surface area contributed by atoms with Crippen LogP contribution in [0.4, 0.5) is 0 Å². The molecule has 0 amide bonds. The second-order valence-electron chi connectivity index (χ2n) is 0.917. The summed E-state index contributed by atoms with van der Waals surface area (Å²) >= 11 is 4.99. The first-order chi connectivity index (χ1) is 2.89. The largest absolute Gasteiger partial charge is 0.344 e. The Bertz CT molecular complexity index is 115. The molecule has 0 radical (unpaired) electrons. The molecule has 3 heteroatoms. The van der Waals surface area contributed by atoms with Crippen LogP contribution >= 0.6 is 27.3 Å². The highest BCUT2D eigenvalue weighted by atomic mass is 79.9. The lowest BCUT2D eigenvalue weighted by atomic mass is 10.7. The van der Waals surface area contributed by atoms with Crippen LogP contribution in [0.3, 0.4) is 0 Å². The molecule has 0 fully saturated rings. The fraction of sp³-hybridized carbons (Fsp3) is 0. The van der Waals surface area contributed by atoms with Crippen LogP contribution in [0.25, 0.3) is 0 Å². The van der Waals surface area contributed by atoms with Crippen LogP contribution in [0.2, 0.25) is 0 Å². The van der Waals surface area contributed by atoms with Crippen molar-refractivity contribution < 1.29 is 0 Å². The Morgan fingerprint density at radius 1 is 1.57 bits per heavy atom. The minimum Gasteiger partial charge on any atom is -0.344 e. The van der Waals surface area contributed by atoms with Crippen LogP contribution in [0.1, 0.15) is 0 Å². The normalized spacial score (nSPS) is 7.57. The van der Waals surface area contributed by atoms with E-state index in [2.05, 4.69) is 15.9 Å². The van der Waals surface area contributed by atoms with Crippen LogP contribution in [0, 0.1) is 0 Å². The molecule has 1 nitrogen and oxygen atoms in total. The van der Waals surface area contributed by atoms with Crippen molar-refractivity contribution >= 4 is 27.3 Å². The second kappa shape index (κ2) is 3.18. The molecule has 0 bridgehead atoms. The molecule has 0 aliphatic carbocycles. The number of hydrogen-bond donors (Lipinski definition) is 1. The fourth-order valence-electron chi connectivity index (χ4n) is 0.259. The van der Waals surface area contributed by atoms with Gasteiger partial charge in [0.2, 0.25) is 0 Å². The average Bonchev–Trinajstić information content (AvgIpc) is 1.86. The van der Waals surface area contributed by atoms with E-state index in [-0.39, 0.29) is 6.15 Å². The highest BCUT2D eigenvalue weighted by Gasteiger charge is 1.77. The summed E-state index contributed by atoms with van der Waals surface area (Å²) in [5, 5.41) is 2.03. The van der Waals surface area contributed by atoms with Crippen molar-refractivity contribution in [2.75, 3.05) is 0 Å². The van der Waals surface area contributed by atoms with Crippen molar-refractivity contribution in [2.45, 2.75) is 0 Å². The van der Waals surface area contributed by atoms with E-state index in [0.29, 0.717) is 0 Å². The topological polar surface area (TPSA) is 35.0 Å². The molecule has 0 unspecified atom stereocenters. The lowest BCUT2D eigenvalue weighted by Crippen LogP contribution is -1.29. The van der Waals surface area contributed by atoms with Crippen LogP contribution in [0.5, 0.6) is 0 Å². The summed E-state index contributed by atoms with van der Waals surface area (Å²) in [5.41, 5.74) is 0. The number of rotatable bonds is 0. The van der Waals surface area contributed by atoms with Crippen molar-refractivity contribution in [3.63, 3.8) is 0 Å². The van der Waals surface area contributed by atoms with Gasteiger partial charge >= 0.3 is 0 Å². The van der Waals surface area contributed by atoms with E-state index in [4.69, 9.17) is 0 Å². The van der Waals surface area contributed by atoms with Gasteiger partial charge in [0.25, 0.3) is 0 Å². The molecule has 1 heterocycles. The molecular formula is C4H6BrNS. The Morgan fingerprint density at radius 3 is 2.43 bits per heavy atom. The summed E-state index contributed by atoms with van der Waals surface area (Å²) in [4.78, 5) is 0. The van der Waals surface area contributed by atoms with E-state index < -0.39 is 0 Å². The molecule has 3 N–H and O–H groups in total. The Labute approximate surface area is 55.1 Å². The molecule has 1 aromatic heterocycles. The van der Waals surface area contributed by atoms with Gasteiger partial charge in [-0.3, -0.25) is 0 Å². The first-order valence-corrected chi connectivity index (χ1v) is 3.26. The third kappa shape index (κ3) is 2.06. The number of thiophene rings is 1. The predicted octanol–water partition coefficient (Wildman–Crippen LogP) is 2.67. The van der Waals surface area contributed by atoms with E-state index in [1.807, 2.05) is 17.5 Å². The number of halogens is 1. The SMILES string of the molecule is Brc1cccs1.N. The third-order valence-electron chi connectivity index (χ3n) is 0.486. The van der Waals surface area contributed by atoms with Gasteiger partial charge in [0.05, 0.1) is 3.79 Å². The smallest absolute Gasteiger partial charge is 0.0698 e. The van der Waals surface area contributed by atoms with E-state index in [1.54, 1.807) is 11.3 Å². The van der Waals surface area contributed by atoms with Crippen molar-refractivity contribution in [1.29, 1.82) is 0 Å². The fourth-order valence-corrected chi connectivity index (χ4v) is 1.18. The minimum atomic E-state index is 0. The molecule has 40 valence electrons. The average molecular weight is 180 g/mol. The molecule has 1 aromatic rings. The van der Waals surface area contributed by atoms with Gasteiger partial charge in [0.1, 0.15) is 0 Å². The van der Waals surface area contributed by atoms with Gasteiger partial charge in [0.15, 0.2) is 0 Å². The second-order valence-corrected chi connectivity index (χ2v) is 3.24. The van der Waals surface area contributed by atoms with E-state index >= 15 is 0 Å². The van der Waals surface area contributed by atoms with Gasteiger partial charge in [-0.2, -0.15) is 0 Å². The summed E-state index contributed by atoms with van der Waals surface area (Å²) in [5.74, 6) is 0. The molecule has 1 rings (SSSR count). The summed E-state index contributed by atoms with van der Waals surface area (Å²) in [7, 11) is 0. The van der Waals surface area contributed by atoms with Gasteiger partial charge < -0.3 is 6.15 Å². The molecular weight excluding hydrogens is 174 g/mol.